The lowest BCUT2D eigenvalue weighted by molar-refractivity contribution is -0.148. The quantitative estimate of drug-likeness (QED) is 0.383. The van der Waals surface area contributed by atoms with Crippen LogP contribution in [0.5, 0.6) is 0 Å². The van der Waals surface area contributed by atoms with Crippen molar-refractivity contribution in [3.05, 3.63) is 54.1 Å². The summed E-state index contributed by atoms with van der Waals surface area (Å²) in [5, 5.41) is 10.9. The van der Waals surface area contributed by atoms with Crippen molar-refractivity contribution in [3.8, 4) is 0 Å². The number of nitrogens with zero attached hydrogens (tertiary/aromatic N) is 3. The van der Waals surface area contributed by atoms with E-state index in [-0.39, 0.29) is 36.8 Å². The van der Waals surface area contributed by atoms with Crippen molar-refractivity contribution in [2.45, 2.75) is 70.7 Å². The number of hydrogen-bond donors (Lipinski definition) is 1. The largest absolute Gasteiger partial charge is 0.394 e. The molecule has 3 aliphatic heterocycles. The number of likely N-dealkylation sites (tertiary alicyclic amines) is 1. The Hall–Kier alpha value is -2.68. The van der Waals surface area contributed by atoms with Gasteiger partial charge in [0.25, 0.3) is 5.91 Å². The molecule has 0 aromatic heterocycles. The number of rotatable bonds is 12. The molecule has 3 saturated heterocycles. The van der Waals surface area contributed by atoms with Gasteiger partial charge in [-0.15, -0.1) is 13.2 Å². The molecule has 4 rings (SSSR count). The summed E-state index contributed by atoms with van der Waals surface area (Å²) in [5.41, 5.74) is 0.175. The molecule has 6 atom stereocenters. The van der Waals surface area contributed by atoms with Gasteiger partial charge >= 0.3 is 0 Å². The Bertz CT molecular complexity index is 1150. The van der Waals surface area contributed by atoms with Gasteiger partial charge in [-0.05, 0) is 43.7 Å². The van der Waals surface area contributed by atoms with Crippen LogP contribution < -0.4 is 4.90 Å². The topological polar surface area (TPSA) is 90.4 Å². The molecule has 3 aliphatic rings. The lowest BCUT2D eigenvalue weighted by atomic mass is 9.70. The Morgan fingerprint density at radius 2 is 1.95 bits per heavy atom. The minimum absolute atomic E-state index is 0.141. The molecule has 218 valence electrons. The SMILES string of the molecule is C=CCN(CCC)C(=O)[C@@H]1[C@@H]2CCC3(O2)C(C(=O)N(CC=C)c2c(C)cccc2Cl)N([C@@H](CO)C(C)C)C(=O)[C@H]13. The molecule has 0 radical (unpaired) electrons. The van der Waals surface area contributed by atoms with E-state index in [1.54, 1.807) is 28.0 Å². The van der Waals surface area contributed by atoms with Gasteiger partial charge in [-0.1, -0.05) is 56.7 Å². The number of halogens is 1. The summed E-state index contributed by atoms with van der Waals surface area (Å²) in [4.78, 5) is 47.9. The fraction of sp³-hybridized carbons (Fsp3) is 0.581. The van der Waals surface area contributed by atoms with Crippen LogP contribution in [0.2, 0.25) is 5.02 Å². The smallest absolute Gasteiger partial charge is 0.253 e. The third kappa shape index (κ3) is 4.78. The lowest BCUT2D eigenvalue weighted by Crippen LogP contribution is -2.60. The maximum atomic E-state index is 14.7. The van der Waals surface area contributed by atoms with Gasteiger partial charge < -0.3 is 24.5 Å². The number of carbonyl (C=O) groups excluding carboxylic acids is 3. The molecule has 1 aromatic rings. The maximum Gasteiger partial charge on any atom is 0.253 e. The van der Waals surface area contributed by atoms with E-state index in [4.69, 9.17) is 16.3 Å². The summed E-state index contributed by atoms with van der Waals surface area (Å²) in [6.45, 7) is 16.1. The second kappa shape index (κ2) is 12.0. The first-order valence-corrected chi connectivity index (χ1v) is 14.6. The van der Waals surface area contributed by atoms with Gasteiger partial charge in [-0.3, -0.25) is 14.4 Å². The molecule has 3 amide bonds. The summed E-state index contributed by atoms with van der Waals surface area (Å²) in [6.07, 6.45) is 4.67. The Labute approximate surface area is 242 Å². The zero-order chi connectivity index (χ0) is 29.4. The molecule has 40 heavy (non-hydrogen) atoms. The van der Waals surface area contributed by atoms with Crippen LogP contribution in [-0.2, 0) is 19.1 Å². The van der Waals surface area contributed by atoms with Crippen LogP contribution in [0.4, 0.5) is 5.69 Å². The van der Waals surface area contributed by atoms with E-state index in [2.05, 4.69) is 13.2 Å². The first kappa shape index (κ1) is 30.3. The van der Waals surface area contributed by atoms with E-state index in [0.717, 1.165) is 12.0 Å². The highest BCUT2D eigenvalue weighted by Crippen LogP contribution is 2.59. The van der Waals surface area contributed by atoms with Crippen molar-refractivity contribution in [2.75, 3.05) is 31.1 Å². The summed E-state index contributed by atoms with van der Waals surface area (Å²) < 4.78 is 6.63. The van der Waals surface area contributed by atoms with E-state index < -0.39 is 35.6 Å². The molecule has 1 aromatic carbocycles. The minimum atomic E-state index is -1.18. The van der Waals surface area contributed by atoms with E-state index in [0.29, 0.717) is 36.6 Å². The number of anilines is 1. The summed E-state index contributed by atoms with van der Waals surface area (Å²) in [7, 11) is 0. The van der Waals surface area contributed by atoms with Gasteiger partial charge in [-0.2, -0.15) is 0 Å². The van der Waals surface area contributed by atoms with E-state index in [9.17, 15) is 19.5 Å². The number of aliphatic hydroxyl groups excluding tert-OH is 1. The molecule has 1 N–H and O–H groups in total. The monoisotopic (exact) mass is 571 g/mol. The van der Waals surface area contributed by atoms with Crippen molar-refractivity contribution in [1.29, 1.82) is 0 Å². The van der Waals surface area contributed by atoms with E-state index in [1.807, 2.05) is 39.8 Å². The zero-order valence-corrected chi connectivity index (χ0v) is 24.8. The molecular weight excluding hydrogens is 530 g/mol. The number of benzene rings is 1. The van der Waals surface area contributed by atoms with Crippen molar-refractivity contribution < 1.29 is 24.2 Å². The Morgan fingerprint density at radius 1 is 1.25 bits per heavy atom. The molecule has 0 saturated carbocycles. The average molecular weight is 572 g/mol. The standard InChI is InChI=1S/C31H42ClN3O5/c1-7-15-33(16-8-2)28(37)24-23-13-14-31(40-23)25(24)29(38)35(22(18-36)19(4)5)27(31)30(39)34(17-9-3)26-20(6)11-10-12-21(26)32/h7,9-12,19,22-25,27,36H,1,3,8,13-18H2,2,4-6H3/t22-,23-,24+,25-,27?,31?/m0/s1. The molecule has 3 fully saturated rings. The number of fused-ring (bicyclic) bond motifs is 1. The summed E-state index contributed by atoms with van der Waals surface area (Å²) in [6, 6.07) is 3.77. The first-order chi connectivity index (χ1) is 19.1. The van der Waals surface area contributed by atoms with Crippen molar-refractivity contribution in [3.63, 3.8) is 0 Å². The molecule has 3 heterocycles. The van der Waals surface area contributed by atoms with Gasteiger partial charge in [0.2, 0.25) is 11.8 Å². The second-order valence-corrected chi connectivity index (χ2v) is 11.9. The summed E-state index contributed by atoms with van der Waals surface area (Å²) in [5.74, 6) is -2.46. The van der Waals surface area contributed by atoms with Gasteiger partial charge in [0.05, 0.1) is 41.3 Å². The van der Waals surface area contributed by atoms with Crippen molar-refractivity contribution >= 4 is 35.0 Å². The Kier molecular flexibility index (Phi) is 9.12. The van der Waals surface area contributed by atoms with Crippen molar-refractivity contribution in [2.24, 2.45) is 17.8 Å². The maximum absolute atomic E-state index is 14.7. The third-order valence-electron chi connectivity index (χ3n) is 8.76. The van der Waals surface area contributed by atoms with E-state index in [1.165, 1.54) is 4.90 Å². The molecule has 0 aliphatic carbocycles. The van der Waals surface area contributed by atoms with E-state index >= 15 is 0 Å². The predicted molar refractivity (Wildman–Crippen MR) is 156 cm³/mol. The Balaban J connectivity index is 1.85. The van der Waals surface area contributed by atoms with Gasteiger partial charge in [0.15, 0.2) is 0 Å². The van der Waals surface area contributed by atoms with Gasteiger partial charge in [0.1, 0.15) is 11.6 Å². The fourth-order valence-electron chi connectivity index (χ4n) is 7.09. The third-order valence-corrected chi connectivity index (χ3v) is 9.07. The van der Waals surface area contributed by atoms with Crippen LogP contribution >= 0.6 is 11.6 Å². The average Bonchev–Trinajstić information content (AvgIpc) is 3.55. The highest BCUT2D eigenvalue weighted by atomic mass is 35.5. The number of aliphatic hydroxyl groups is 1. The molecule has 8 nitrogen and oxygen atoms in total. The lowest BCUT2D eigenvalue weighted by Gasteiger charge is -2.40. The number of hydrogen-bond acceptors (Lipinski definition) is 5. The fourth-order valence-corrected chi connectivity index (χ4v) is 7.41. The molecule has 1 spiro atoms. The van der Waals surface area contributed by atoms with Crippen molar-refractivity contribution in [1.82, 2.24) is 9.80 Å². The minimum Gasteiger partial charge on any atom is -0.394 e. The molecule has 2 bridgehead atoms. The second-order valence-electron chi connectivity index (χ2n) is 11.5. The van der Waals surface area contributed by atoms with Crippen LogP contribution in [0.15, 0.2) is 43.5 Å². The number of para-hydroxylation sites is 1. The van der Waals surface area contributed by atoms with Crippen LogP contribution in [0, 0.1) is 24.7 Å². The Morgan fingerprint density at radius 3 is 2.52 bits per heavy atom. The molecule has 2 unspecified atom stereocenters. The molecular formula is C31H42ClN3O5. The van der Waals surface area contributed by atoms with Crippen LogP contribution in [0.3, 0.4) is 0 Å². The summed E-state index contributed by atoms with van der Waals surface area (Å²) >= 11 is 6.62. The highest BCUT2D eigenvalue weighted by molar-refractivity contribution is 6.34. The highest BCUT2D eigenvalue weighted by Gasteiger charge is 2.75. The number of amides is 3. The van der Waals surface area contributed by atoms with Crippen LogP contribution in [0.25, 0.3) is 0 Å². The molecule has 9 heteroatoms. The first-order valence-electron chi connectivity index (χ1n) is 14.3. The number of ether oxygens (including phenoxy) is 1. The van der Waals surface area contributed by atoms with Crippen LogP contribution in [-0.4, -0.2) is 82.7 Å². The number of aryl methyl sites for hydroxylation is 1. The zero-order valence-electron chi connectivity index (χ0n) is 24.0. The normalized spacial score (nSPS) is 27.6. The van der Waals surface area contributed by atoms with Crippen LogP contribution in [0.1, 0.15) is 45.6 Å². The van der Waals surface area contributed by atoms with Gasteiger partial charge in [-0.25, -0.2) is 0 Å². The predicted octanol–water partition coefficient (Wildman–Crippen LogP) is 3.98. The van der Waals surface area contributed by atoms with Gasteiger partial charge in [0, 0.05) is 19.6 Å². The number of carbonyl (C=O) groups is 3.